The normalized spacial score (nSPS) is 18.1. The standard InChI is InChI=1S/C13H19N2/c1-11-6-8-15(9-7-11)13-5-3-2-4-12(13)10-14/h2-5,11H,1,6-10,14H2. The Bertz CT molecular complexity index is 314. The molecule has 0 unspecified atom stereocenters. The van der Waals surface area contributed by atoms with Crippen molar-refractivity contribution >= 4 is 5.69 Å². The van der Waals surface area contributed by atoms with Gasteiger partial charge in [-0.2, -0.15) is 0 Å². The number of anilines is 1. The van der Waals surface area contributed by atoms with Gasteiger partial charge in [0.25, 0.3) is 0 Å². The Kier molecular flexibility index (Phi) is 3.27. The molecule has 1 aliphatic heterocycles. The van der Waals surface area contributed by atoms with Crippen molar-refractivity contribution in [3.63, 3.8) is 0 Å². The molecule has 1 aromatic carbocycles. The second kappa shape index (κ2) is 4.67. The van der Waals surface area contributed by atoms with Gasteiger partial charge >= 0.3 is 0 Å². The fourth-order valence-electron chi connectivity index (χ4n) is 2.17. The van der Waals surface area contributed by atoms with Gasteiger partial charge in [-0.05, 0) is 30.4 Å². The number of hydrogen-bond acceptors (Lipinski definition) is 2. The zero-order valence-electron chi connectivity index (χ0n) is 9.15. The van der Waals surface area contributed by atoms with Crippen molar-refractivity contribution in [3.05, 3.63) is 36.8 Å². The number of rotatable bonds is 2. The average Bonchev–Trinajstić information content (AvgIpc) is 2.30. The second-order valence-corrected chi connectivity index (χ2v) is 4.26. The third-order valence-corrected chi connectivity index (χ3v) is 3.17. The van der Waals surface area contributed by atoms with Crippen LogP contribution in [0.3, 0.4) is 0 Å². The van der Waals surface area contributed by atoms with Gasteiger partial charge in [-0.1, -0.05) is 25.1 Å². The Hall–Kier alpha value is -1.02. The molecule has 1 fully saturated rings. The molecule has 1 saturated heterocycles. The molecule has 2 rings (SSSR count). The Labute approximate surface area is 92.1 Å². The van der Waals surface area contributed by atoms with E-state index in [0.29, 0.717) is 12.5 Å². The Morgan fingerprint density at radius 3 is 2.60 bits per heavy atom. The molecule has 81 valence electrons. The number of para-hydroxylation sites is 1. The number of hydrogen-bond donors (Lipinski definition) is 1. The molecule has 0 aromatic heterocycles. The van der Waals surface area contributed by atoms with Crippen LogP contribution in [0.5, 0.6) is 0 Å². The van der Waals surface area contributed by atoms with Crippen LogP contribution in [-0.4, -0.2) is 13.1 Å². The lowest BCUT2D eigenvalue weighted by molar-refractivity contribution is 0.475. The van der Waals surface area contributed by atoms with Crippen LogP contribution in [-0.2, 0) is 6.54 Å². The summed E-state index contributed by atoms with van der Waals surface area (Å²) in [6.07, 6.45) is 2.39. The Morgan fingerprint density at radius 2 is 1.93 bits per heavy atom. The molecular weight excluding hydrogens is 184 g/mol. The van der Waals surface area contributed by atoms with Crippen molar-refractivity contribution in [3.8, 4) is 0 Å². The first-order valence-corrected chi connectivity index (χ1v) is 5.67. The first-order valence-electron chi connectivity index (χ1n) is 5.67. The Balaban J connectivity index is 2.15. The van der Waals surface area contributed by atoms with Gasteiger partial charge in [0, 0.05) is 25.3 Å². The Morgan fingerprint density at radius 1 is 1.27 bits per heavy atom. The monoisotopic (exact) mass is 203 g/mol. The largest absolute Gasteiger partial charge is 0.371 e. The fourth-order valence-corrected chi connectivity index (χ4v) is 2.17. The highest BCUT2D eigenvalue weighted by molar-refractivity contribution is 5.53. The van der Waals surface area contributed by atoms with Crippen LogP contribution in [0.4, 0.5) is 5.69 Å². The molecule has 1 aromatic rings. The molecule has 1 radical (unpaired) electrons. The maximum absolute atomic E-state index is 5.75. The molecule has 0 spiro atoms. The summed E-state index contributed by atoms with van der Waals surface area (Å²) in [4.78, 5) is 2.43. The minimum absolute atomic E-state index is 0.625. The van der Waals surface area contributed by atoms with E-state index in [4.69, 9.17) is 5.73 Å². The third-order valence-electron chi connectivity index (χ3n) is 3.17. The molecule has 0 aliphatic carbocycles. The highest BCUT2D eigenvalue weighted by Gasteiger charge is 2.17. The van der Waals surface area contributed by atoms with E-state index >= 15 is 0 Å². The van der Waals surface area contributed by atoms with E-state index in [1.165, 1.54) is 24.1 Å². The van der Waals surface area contributed by atoms with Crippen molar-refractivity contribution in [2.24, 2.45) is 11.7 Å². The van der Waals surface area contributed by atoms with Crippen LogP contribution in [0.25, 0.3) is 0 Å². The molecule has 2 heteroatoms. The summed E-state index contributed by atoms with van der Waals surface area (Å²) in [5.41, 5.74) is 8.31. The topological polar surface area (TPSA) is 29.3 Å². The smallest absolute Gasteiger partial charge is 0.0411 e. The summed E-state index contributed by atoms with van der Waals surface area (Å²) in [5, 5.41) is 0. The van der Waals surface area contributed by atoms with Crippen molar-refractivity contribution in [1.82, 2.24) is 0 Å². The SMILES string of the molecule is [CH2]C1CCN(c2ccccc2CN)CC1. The number of nitrogens with zero attached hydrogens (tertiary/aromatic N) is 1. The van der Waals surface area contributed by atoms with Gasteiger partial charge in [-0.15, -0.1) is 0 Å². The maximum atomic E-state index is 5.75. The van der Waals surface area contributed by atoms with E-state index in [0.717, 1.165) is 13.1 Å². The molecule has 15 heavy (non-hydrogen) atoms. The summed E-state index contributed by atoms with van der Waals surface area (Å²) >= 11 is 0. The summed E-state index contributed by atoms with van der Waals surface area (Å²) in [5.74, 6) is 0.631. The average molecular weight is 203 g/mol. The van der Waals surface area contributed by atoms with Crippen molar-refractivity contribution in [2.45, 2.75) is 19.4 Å². The van der Waals surface area contributed by atoms with Gasteiger partial charge in [0.2, 0.25) is 0 Å². The lowest BCUT2D eigenvalue weighted by Gasteiger charge is -2.33. The van der Waals surface area contributed by atoms with Gasteiger partial charge in [0.15, 0.2) is 0 Å². The van der Waals surface area contributed by atoms with Crippen LogP contribution in [0, 0.1) is 12.8 Å². The van der Waals surface area contributed by atoms with Crippen molar-refractivity contribution in [2.75, 3.05) is 18.0 Å². The van der Waals surface area contributed by atoms with E-state index in [2.05, 4.69) is 36.1 Å². The highest BCUT2D eigenvalue weighted by Crippen LogP contribution is 2.25. The van der Waals surface area contributed by atoms with E-state index in [1.807, 2.05) is 0 Å². The molecular formula is C13H19N2. The van der Waals surface area contributed by atoms with Gasteiger partial charge in [-0.3, -0.25) is 0 Å². The van der Waals surface area contributed by atoms with Crippen LogP contribution >= 0.6 is 0 Å². The zero-order chi connectivity index (χ0) is 10.7. The molecule has 2 nitrogen and oxygen atoms in total. The van der Waals surface area contributed by atoms with Gasteiger partial charge in [-0.25, -0.2) is 0 Å². The number of piperidine rings is 1. The number of benzene rings is 1. The molecule has 0 atom stereocenters. The van der Waals surface area contributed by atoms with Crippen LogP contribution in [0.1, 0.15) is 18.4 Å². The molecule has 0 amide bonds. The van der Waals surface area contributed by atoms with Gasteiger partial charge in [0.1, 0.15) is 0 Å². The molecule has 1 aliphatic rings. The van der Waals surface area contributed by atoms with Crippen LogP contribution < -0.4 is 10.6 Å². The number of nitrogens with two attached hydrogens (primary N) is 1. The minimum atomic E-state index is 0.625. The van der Waals surface area contributed by atoms with Gasteiger partial charge < -0.3 is 10.6 Å². The van der Waals surface area contributed by atoms with E-state index < -0.39 is 0 Å². The van der Waals surface area contributed by atoms with Crippen molar-refractivity contribution < 1.29 is 0 Å². The minimum Gasteiger partial charge on any atom is -0.371 e. The lowest BCUT2D eigenvalue weighted by atomic mass is 9.98. The van der Waals surface area contributed by atoms with Crippen LogP contribution in [0.2, 0.25) is 0 Å². The first kappa shape index (κ1) is 10.5. The third kappa shape index (κ3) is 2.32. The van der Waals surface area contributed by atoms with Crippen molar-refractivity contribution in [1.29, 1.82) is 0 Å². The second-order valence-electron chi connectivity index (χ2n) is 4.26. The summed E-state index contributed by atoms with van der Waals surface area (Å²) < 4.78 is 0. The lowest BCUT2D eigenvalue weighted by Crippen LogP contribution is -2.33. The van der Waals surface area contributed by atoms with E-state index in [1.54, 1.807) is 0 Å². The first-order chi connectivity index (χ1) is 7.31. The van der Waals surface area contributed by atoms with Gasteiger partial charge in [0.05, 0.1) is 0 Å². The molecule has 1 heterocycles. The summed E-state index contributed by atoms with van der Waals surface area (Å²) in [7, 11) is 0. The molecule has 2 N–H and O–H groups in total. The summed E-state index contributed by atoms with van der Waals surface area (Å²) in [6.45, 7) is 6.97. The summed E-state index contributed by atoms with van der Waals surface area (Å²) in [6, 6.07) is 8.43. The fraction of sp³-hybridized carbons (Fsp3) is 0.462. The predicted octanol–water partition coefficient (Wildman–Crippen LogP) is 2.20. The predicted molar refractivity (Wildman–Crippen MR) is 64.6 cm³/mol. The molecule has 0 bridgehead atoms. The highest BCUT2D eigenvalue weighted by atomic mass is 15.1. The van der Waals surface area contributed by atoms with E-state index in [-0.39, 0.29) is 0 Å². The van der Waals surface area contributed by atoms with Crippen LogP contribution in [0.15, 0.2) is 24.3 Å². The quantitative estimate of drug-likeness (QED) is 0.798. The zero-order valence-corrected chi connectivity index (χ0v) is 9.15. The molecule has 0 saturated carbocycles. The maximum Gasteiger partial charge on any atom is 0.0411 e. The van der Waals surface area contributed by atoms with E-state index in [9.17, 15) is 0 Å².